The van der Waals surface area contributed by atoms with Crippen LogP contribution in [0.15, 0.2) is 97.1 Å². The fourth-order valence-electron chi connectivity index (χ4n) is 5.16. The summed E-state index contributed by atoms with van der Waals surface area (Å²) in [4.78, 5) is 0. The Morgan fingerprint density at radius 3 is 1.29 bits per heavy atom. The van der Waals surface area contributed by atoms with Gasteiger partial charge >= 0.3 is 0 Å². The van der Waals surface area contributed by atoms with Crippen LogP contribution in [-0.4, -0.2) is 23.4 Å². The van der Waals surface area contributed by atoms with Gasteiger partial charge in [-0.3, -0.25) is 0 Å². The molecule has 31 heavy (non-hydrogen) atoms. The smallest absolute Gasteiger partial charge is 0.0442 e. The zero-order valence-electron chi connectivity index (χ0n) is 17.5. The highest BCUT2D eigenvalue weighted by Crippen LogP contribution is 2.54. The Morgan fingerprint density at radius 2 is 0.903 bits per heavy atom. The third-order valence-corrected chi connectivity index (χ3v) is 6.65. The van der Waals surface area contributed by atoms with Gasteiger partial charge in [-0.25, -0.2) is 0 Å². The molecule has 4 aromatic rings. The minimum atomic E-state index is -0.399. The SMILES string of the molecule is OCCC1(CCO)c2cc(-c3ccccc3)ccc2-c2ccc(-c3ccccc3)cc21. The number of aliphatic hydroxyl groups is 2. The molecular formula is C29H26O2. The molecule has 2 N–H and O–H groups in total. The molecule has 0 radical (unpaired) electrons. The van der Waals surface area contributed by atoms with E-state index in [9.17, 15) is 10.2 Å². The van der Waals surface area contributed by atoms with E-state index in [-0.39, 0.29) is 13.2 Å². The van der Waals surface area contributed by atoms with Crippen molar-refractivity contribution in [2.45, 2.75) is 18.3 Å². The monoisotopic (exact) mass is 406 g/mol. The molecule has 0 bridgehead atoms. The lowest BCUT2D eigenvalue weighted by Gasteiger charge is -2.31. The van der Waals surface area contributed by atoms with Gasteiger partial charge in [-0.2, -0.15) is 0 Å². The second kappa shape index (κ2) is 8.14. The molecule has 0 aliphatic heterocycles. The van der Waals surface area contributed by atoms with Gasteiger partial charge in [-0.05, 0) is 69.5 Å². The van der Waals surface area contributed by atoms with E-state index in [1.165, 1.54) is 33.4 Å². The lowest BCUT2D eigenvalue weighted by molar-refractivity contribution is 0.213. The second-order valence-corrected chi connectivity index (χ2v) is 8.28. The van der Waals surface area contributed by atoms with Crippen molar-refractivity contribution < 1.29 is 10.2 Å². The number of benzene rings is 4. The molecule has 1 aliphatic rings. The molecule has 0 unspecified atom stereocenters. The molecule has 154 valence electrons. The van der Waals surface area contributed by atoms with Crippen LogP contribution in [0.2, 0.25) is 0 Å². The summed E-state index contributed by atoms with van der Waals surface area (Å²) in [5.74, 6) is 0. The maximum Gasteiger partial charge on any atom is 0.0442 e. The van der Waals surface area contributed by atoms with E-state index in [4.69, 9.17) is 0 Å². The van der Waals surface area contributed by atoms with Gasteiger partial charge < -0.3 is 10.2 Å². The summed E-state index contributed by atoms with van der Waals surface area (Å²) < 4.78 is 0. The summed E-state index contributed by atoms with van der Waals surface area (Å²) in [6, 6.07) is 34.0. The van der Waals surface area contributed by atoms with E-state index in [2.05, 4.69) is 84.9 Å². The maximum atomic E-state index is 10.1. The van der Waals surface area contributed by atoms with Gasteiger partial charge in [0, 0.05) is 18.6 Å². The number of hydrogen-bond acceptors (Lipinski definition) is 2. The van der Waals surface area contributed by atoms with Crippen molar-refractivity contribution in [1.82, 2.24) is 0 Å². The largest absolute Gasteiger partial charge is 0.396 e. The van der Waals surface area contributed by atoms with Crippen LogP contribution >= 0.6 is 0 Å². The fourth-order valence-corrected chi connectivity index (χ4v) is 5.16. The summed E-state index contributed by atoms with van der Waals surface area (Å²) in [6.07, 6.45) is 1.17. The normalized spacial score (nSPS) is 13.6. The first-order valence-corrected chi connectivity index (χ1v) is 10.9. The van der Waals surface area contributed by atoms with Crippen molar-refractivity contribution in [3.05, 3.63) is 108 Å². The predicted octanol–water partition coefficient (Wildman–Crippen LogP) is 6.05. The molecule has 0 aromatic heterocycles. The predicted molar refractivity (Wildman–Crippen MR) is 127 cm³/mol. The van der Waals surface area contributed by atoms with E-state index in [0.29, 0.717) is 12.8 Å². The molecule has 0 saturated heterocycles. The molecule has 0 heterocycles. The lowest BCUT2D eigenvalue weighted by Crippen LogP contribution is -2.28. The van der Waals surface area contributed by atoms with Crippen molar-refractivity contribution in [3.63, 3.8) is 0 Å². The van der Waals surface area contributed by atoms with Gasteiger partial charge in [0.15, 0.2) is 0 Å². The Bertz CT molecular complexity index is 1100. The second-order valence-electron chi connectivity index (χ2n) is 8.28. The van der Waals surface area contributed by atoms with E-state index in [0.717, 1.165) is 11.1 Å². The Hall–Kier alpha value is -3.20. The van der Waals surface area contributed by atoms with Crippen LogP contribution in [-0.2, 0) is 5.41 Å². The Labute approximate surface area is 183 Å². The average molecular weight is 407 g/mol. The number of aliphatic hydroxyl groups excluding tert-OH is 2. The highest BCUT2D eigenvalue weighted by molar-refractivity contribution is 5.86. The molecule has 1 aliphatic carbocycles. The highest BCUT2D eigenvalue weighted by atomic mass is 16.3. The third kappa shape index (κ3) is 3.29. The maximum absolute atomic E-state index is 10.1. The summed E-state index contributed by atoms with van der Waals surface area (Å²) in [5.41, 5.74) is 9.10. The molecule has 0 saturated carbocycles. The van der Waals surface area contributed by atoms with Gasteiger partial charge in [0.1, 0.15) is 0 Å². The fraction of sp³-hybridized carbons (Fsp3) is 0.172. The van der Waals surface area contributed by atoms with Crippen LogP contribution in [0.3, 0.4) is 0 Å². The van der Waals surface area contributed by atoms with E-state index < -0.39 is 5.41 Å². The van der Waals surface area contributed by atoms with Crippen molar-refractivity contribution in [2.24, 2.45) is 0 Å². The molecule has 0 spiro atoms. The van der Waals surface area contributed by atoms with Crippen LogP contribution in [0.5, 0.6) is 0 Å². The summed E-state index contributed by atoms with van der Waals surface area (Å²) in [7, 11) is 0. The van der Waals surface area contributed by atoms with E-state index in [1.807, 2.05) is 12.1 Å². The number of hydrogen-bond donors (Lipinski definition) is 2. The molecule has 4 aromatic carbocycles. The quantitative estimate of drug-likeness (QED) is 0.409. The lowest BCUT2D eigenvalue weighted by atomic mass is 9.72. The standard InChI is InChI=1S/C29H26O2/c30-17-15-29(16-18-31)27-19-23(21-7-3-1-4-8-21)11-13-25(27)26-14-12-24(20-28(26)29)22-9-5-2-6-10-22/h1-14,19-20,30-31H,15-18H2. The van der Waals surface area contributed by atoms with Crippen LogP contribution in [0.1, 0.15) is 24.0 Å². The Kier molecular flexibility index (Phi) is 5.19. The first-order valence-electron chi connectivity index (χ1n) is 10.9. The number of fused-ring (bicyclic) bond motifs is 3. The number of rotatable bonds is 6. The van der Waals surface area contributed by atoms with Gasteiger partial charge in [0.25, 0.3) is 0 Å². The van der Waals surface area contributed by atoms with Crippen LogP contribution in [0.25, 0.3) is 33.4 Å². The minimum absolute atomic E-state index is 0.0734. The Balaban J connectivity index is 1.72. The van der Waals surface area contributed by atoms with Crippen molar-refractivity contribution in [3.8, 4) is 33.4 Å². The van der Waals surface area contributed by atoms with Crippen molar-refractivity contribution in [1.29, 1.82) is 0 Å². The molecular weight excluding hydrogens is 380 g/mol. The topological polar surface area (TPSA) is 40.5 Å². The molecule has 2 nitrogen and oxygen atoms in total. The van der Waals surface area contributed by atoms with Crippen molar-refractivity contribution >= 4 is 0 Å². The molecule has 0 atom stereocenters. The average Bonchev–Trinajstić information content (AvgIpc) is 3.09. The summed E-state index contributed by atoms with van der Waals surface area (Å²) in [6.45, 7) is 0.147. The van der Waals surface area contributed by atoms with Gasteiger partial charge in [0.2, 0.25) is 0 Å². The molecule has 2 heteroatoms. The van der Waals surface area contributed by atoms with Crippen LogP contribution in [0, 0.1) is 0 Å². The van der Waals surface area contributed by atoms with E-state index >= 15 is 0 Å². The van der Waals surface area contributed by atoms with Gasteiger partial charge in [0.05, 0.1) is 0 Å². The van der Waals surface area contributed by atoms with Gasteiger partial charge in [-0.15, -0.1) is 0 Å². The molecule has 0 fully saturated rings. The highest BCUT2D eigenvalue weighted by Gasteiger charge is 2.42. The van der Waals surface area contributed by atoms with Crippen LogP contribution < -0.4 is 0 Å². The van der Waals surface area contributed by atoms with Gasteiger partial charge in [-0.1, -0.05) is 84.9 Å². The van der Waals surface area contributed by atoms with Crippen molar-refractivity contribution in [2.75, 3.05) is 13.2 Å². The summed E-state index contributed by atoms with van der Waals surface area (Å²) in [5, 5.41) is 20.1. The zero-order chi connectivity index (χ0) is 21.3. The van der Waals surface area contributed by atoms with E-state index in [1.54, 1.807) is 0 Å². The first-order chi connectivity index (χ1) is 15.3. The summed E-state index contributed by atoms with van der Waals surface area (Å²) >= 11 is 0. The first kappa shape index (κ1) is 19.7. The Morgan fingerprint density at radius 1 is 0.484 bits per heavy atom. The minimum Gasteiger partial charge on any atom is -0.396 e. The van der Waals surface area contributed by atoms with Crippen LogP contribution in [0.4, 0.5) is 0 Å². The molecule has 0 amide bonds. The third-order valence-electron chi connectivity index (χ3n) is 6.65. The molecule has 5 rings (SSSR count). The zero-order valence-corrected chi connectivity index (χ0v) is 17.5.